The summed E-state index contributed by atoms with van der Waals surface area (Å²) >= 11 is 0. The zero-order chi connectivity index (χ0) is 22.0. The third kappa shape index (κ3) is 10.7. The Labute approximate surface area is 198 Å². The van der Waals surface area contributed by atoms with Gasteiger partial charge in [-0.25, -0.2) is 0 Å². The van der Waals surface area contributed by atoms with E-state index in [1.165, 1.54) is 12.1 Å². The molecule has 0 saturated carbocycles. The molecule has 0 spiro atoms. The van der Waals surface area contributed by atoms with Crippen molar-refractivity contribution in [3.8, 4) is 5.75 Å². The molecule has 7 nitrogen and oxygen atoms in total. The summed E-state index contributed by atoms with van der Waals surface area (Å²) in [4.78, 5) is 6.59. The van der Waals surface area contributed by atoms with Crippen LogP contribution in [0.2, 0.25) is 0 Å². The van der Waals surface area contributed by atoms with E-state index in [0.717, 1.165) is 25.2 Å². The second kappa shape index (κ2) is 13.3. The molecule has 1 atom stereocenters. The van der Waals surface area contributed by atoms with Crippen LogP contribution in [0.4, 0.5) is 13.2 Å². The molecule has 11 heteroatoms. The quantitative estimate of drug-likeness (QED) is 0.186. The molecule has 0 aromatic heterocycles. The molecule has 1 aromatic carbocycles. The molecule has 0 aliphatic carbocycles. The molecule has 1 heterocycles. The lowest BCUT2D eigenvalue weighted by atomic mass is 10.1. The van der Waals surface area contributed by atoms with Gasteiger partial charge in [0.2, 0.25) is 0 Å². The normalized spacial score (nSPS) is 17.4. The highest BCUT2D eigenvalue weighted by atomic mass is 127. The zero-order valence-corrected chi connectivity index (χ0v) is 20.2. The molecular formula is C20H32F3IN4O3. The Morgan fingerprint density at radius 2 is 1.84 bits per heavy atom. The zero-order valence-electron chi connectivity index (χ0n) is 17.9. The Balaban J connectivity index is 0.00000480. The van der Waals surface area contributed by atoms with Gasteiger partial charge in [-0.15, -0.1) is 24.0 Å². The van der Waals surface area contributed by atoms with Crippen molar-refractivity contribution in [3.63, 3.8) is 0 Å². The molecule has 1 aliphatic heterocycles. The minimum Gasteiger partial charge on any atom is -0.492 e. The number of aliphatic hydroxyl groups is 1. The van der Waals surface area contributed by atoms with Gasteiger partial charge < -0.3 is 25.2 Å². The van der Waals surface area contributed by atoms with E-state index >= 15 is 0 Å². The summed E-state index contributed by atoms with van der Waals surface area (Å²) < 4.78 is 48.5. The van der Waals surface area contributed by atoms with E-state index < -0.39 is 17.3 Å². The van der Waals surface area contributed by atoms with Crippen LogP contribution in [0.3, 0.4) is 0 Å². The van der Waals surface area contributed by atoms with Gasteiger partial charge in [0.05, 0.1) is 37.5 Å². The van der Waals surface area contributed by atoms with Gasteiger partial charge in [-0.2, -0.15) is 13.2 Å². The highest BCUT2D eigenvalue weighted by molar-refractivity contribution is 14.0. The van der Waals surface area contributed by atoms with Crippen molar-refractivity contribution in [2.24, 2.45) is 4.99 Å². The summed E-state index contributed by atoms with van der Waals surface area (Å²) in [5.41, 5.74) is -1.69. The molecule has 1 aliphatic rings. The summed E-state index contributed by atoms with van der Waals surface area (Å²) in [5, 5.41) is 16.8. The molecule has 2 rings (SSSR count). The minimum atomic E-state index is -4.36. The van der Waals surface area contributed by atoms with E-state index in [4.69, 9.17) is 9.47 Å². The van der Waals surface area contributed by atoms with E-state index in [2.05, 4.69) is 20.5 Å². The van der Waals surface area contributed by atoms with Gasteiger partial charge in [0.1, 0.15) is 12.4 Å². The number of benzene rings is 1. The first kappa shape index (κ1) is 27.7. The lowest BCUT2D eigenvalue weighted by Crippen LogP contribution is -2.48. The molecule has 1 aromatic rings. The van der Waals surface area contributed by atoms with Crippen molar-refractivity contribution in [1.82, 2.24) is 15.5 Å². The van der Waals surface area contributed by atoms with Crippen LogP contribution >= 0.6 is 24.0 Å². The van der Waals surface area contributed by atoms with Gasteiger partial charge in [0.25, 0.3) is 0 Å². The van der Waals surface area contributed by atoms with Crippen LogP contribution in [0.25, 0.3) is 0 Å². The highest BCUT2D eigenvalue weighted by Gasteiger charge is 2.30. The topological polar surface area (TPSA) is 78.4 Å². The van der Waals surface area contributed by atoms with Crippen LogP contribution in [0.5, 0.6) is 5.75 Å². The molecular weight excluding hydrogens is 528 g/mol. The monoisotopic (exact) mass is 560 g/mol. The molecule has 3 N–H and O–H groups in total. The van der Waals surface area contributed by atoms with Crippen LogP contribution in [0.15, 0.2) is 29.3 Å². The van der Waals surface area contributed by atoms with Crippen molar-refractivity contribution >= 4 is 29.9 Å². The molecule has 31 heavy (non-hydrogen) atoms. The standard InChI is InChI=1S/C20H31F3N4O3.HI/c1-3-24-18(26-14-19(2,28)15-27-9-12-29-13-10-27)25-8-11-30-17-6-4-16(5-7-17)20(21,22)23;/h4-7,28H,3,8-15H2,1-2H3,(H2,24,25,26);1H. The number of ether oxygens (including phenoxy) is 2. The summed E-state index contributed by atoms with van der Waals surface area (Å²) in [6.07, 6.45) is -4.36. The summed E-state index contributed by atoms with van der Waals surface area (Å²) in [5.74, 6) is 0.899. The largest absolute Gasteiger partial charge is 0.492 e. The Hall–Kier alpha value is -1.31. The smallest absolute Gasteiger partial charge is 0.416 e. The lowest BCUT2D eigenvalue weighted by molar-refractivity contribution is -0.137. The fraction of sp³-hybridized carbons (Fsp3) is 0.650. The van der Waals surface area contributed by atoms with Crippen LogP contribution in [0, 0.1) is 0 Å². The molecule has 178 valence electrons. The average molecular weight is 560 g/mol. The fourth-order valence-electron chi connectivity index (χ4n) is 2.96. The van der Waals surface area contributed by atoms with Gasteiger partial charge in [-0.1, -0.05) is 0 Å². The van der Waals surface area contributed by atoms with Crippen molar-refractivity contribution < 1.29 is 27.8 Å². The molecule has 1 saturated heterocycles. The van der Waals surface area contributed by atoms with Gasteiger partial charge in [-0.05, 0) is 38.1 Å². The van der Waals surface area contributed by atoms with E-state index in [9.17, 15) is 18.3 Å². The van der Waals surface area contributed by atoms with E-state index in [0.29, 0.717) is 44.6 Å². The third-order valence-electron chi connectivity index (χ3n) is 4.43. The van der Waals surface area contributed by atoms with E-state index in [1.54, 1.807) is 6.92 Å². The molecule has 0 amide bonds. The molecule has 0 bridgehead atoms. The summed E-state index contributed by atoms with van der Waals surface area (Å²) in [6.45, 7) is 8.64. The number of β-amino-alcohol motifs (C(OH)–C–C–N with tert-alkyl or cyclic N) is 1. The second-order valence-corrected chi connectivity index (χ2v) is 7.38. The Kier molecular flexibility index (Phi) is 11.9. The maximum absolute atomic E-state index is 12.6. The SMILES string of the molecule is CCNC(=NCC(C)(O)CN1CCOCC1)NCCOc1ccc(C(F)(F)F)cc1.I. The number of alkyl halides is 3. The van der Waals surface area contributed by atoms with Gasteiger partial charge >= 0.3 is 6.18 Å². The van der Waals surface area contributed by atoms with Crippen LogP contribution in [-0.2, 0) is 10.9 Å². The van der Waals surface area contributed by atoms with E-state index in [1.807, 2.05) is 6.92 Å². The molecule has 1 fully saturated rings. The Morgan fingerprint density at radius 1 is 1.19 bits per heavy atom. The number of rotatable bonds is 9. The number of guanidine groups is 1. The van der Waals surface area contributed by atoms with Crippen LogP contribution in [0.1, 0.15) is 19.4 Å². The van der Waals surface area contributed by atoms with Crippen molar-refractivity contribution in [2.75, 3.05) is 59.1 Å². The van der Waals surface area contributed by atoms with Crippen molar-refractivity contribution in [1.29, 1.82) is 0 Å². The van der Waals surface area contributed by atoms with Gasteiger partial charge in [0, 0.05) is 26.2 Å². The summed E-state index contributed by atoms with van der Waals surface area (Å²) in [7, 11) is 0. The first-order chi connectivity index (χ1) is 14.2. The lowest BCUT2D eigenvalue weighted by Gasteiger charge is -2.33. The fourth-order valence-corrected chi connectivity index (χ4v) is 2.96. The number of nitrogens with zero attached hydrogens (tertiary/aromatic N) is 2. The Morgan fingerprint density at radius 3 is 2.42 bits per heavy atom. The van der Waals surface area contributed by atoms with Crippen molar-refractivity contribution in [3.05, 3.63) is 29.8 Å². The predicted molar refractivity (Wildman–Crippen MR) is 124 cm³/mol. The highest BCUT2D eigenvalue weighted by Crippen LogP contribution is 2.30. The predicted octanol–water partition coefficient (Wildman–Crippen LogP) is 2.34. The molecule has 1 unspecified atom stereocenters. The number of aliphatic imine (C=N–C) groups is 1. The number of hydrogen-bond acceptors (Lipinski definition) is 5. The third-order valence-corrected chi connectivity index (χ3v) is 4.43. The maximum Gasteiger partial charge on any atom is 0.416 e. The number of nitrogens with one attached hydrogen (secondary N) is 2. The van der Waals surface area contributed by atoms with Gasteiger partial charge in [0.15, 0.2) is 5.96 Å². The van der Waals surface area contributed by atoms with E-state index in [-0.39, 0.29) is 37.1 Å². The average Bonchev–Trinajstić information content (AvgIpc) is 2.69. The minimum absolute atomic E-state index is 0. The van der Waals surface area contributed by atoms with Crippen LogP contribution < -0.4 is 15.4 Å². The van der Waals surface area contributed by atoms with Gasteiger partial charge in [-0.3, -0.25) is 9.89 Å². The summed E-state index contributed by atoms with van der Waals surface area (Å²) in [6, 6.07) is 4.57. The van der Waals surface area contributed by atoms with Crippen LogP contribution in [-0.4, -0.2) is 80.7 Å². The Bertz CT molecular complexity index is 667. The first-order valence-electron chi connectivity index (χ1n) is 10.0. The van der Waals surface area contributed by atoms with Crippen molar-refractivity contribution in [2.45, 2.75) is 25.6 Å². The number of morpholine rings is 1. The maximum atomic E-state index is 12.6. The first-order valence-corrected chi connectivity index (χ1v) is 10.0. The second-order valence-electron chi connectivity index (χ2n) is 7.38. The molecule has 0 radical (unpaired) electrons. The number of halogens is 4. The number of hydrogen-bond donors (Lipinski definition) is 3.